The molecule has 6 nitrogen and oxygen atoms in total. The Labute approximate surface area is 111 Å². The number of hydrogen-bond acceptors (Lipinski definition) is 5. The third-order valence-corrected chi connectivity index (χ3v) is 4.76. The van der Waals surface area contributed by atoms with Gasteiger partial charge in [-0.1, -0.05) is 0 Å². The molecular weight excluding hydrogens is 266 g/mol. The summed E-state index contributed by atoms with van der Waals surface area (Å²) >= 11 is 0. The first-order valence-corrected chi connectivity index (χ1v) is 7.13. The van der Waals surface area contributed by atoms with Crippen LogP contribution in [0.25, 0.3) is 10.9 Å². The van der Waals surface area contributed by atoms with Crippen LogP contribution in [0.5, 0.6) is 0 Å². The zero-order valence-corrected chi connectivity index (χ0v) is 11.3. The summed E-state index contributed by atoms with van der Waals surface area (Å²) in [4.78, 5) is 4.19. The van der Waals surface area contributed by atoms with Crippen LogP contribution in [0, 0.1) is 0 Å². The lowest BCUT2D eigenvalue weighted by Crippen LogP contribution is -2.29. The largest absolute Gasteiger partial charge is 0.398 e. The lowest BCUT2D eigenvalue weighted by atomic mass is 10.2. The van der Waals surface area contributed by atoms with E-state index in [4.69, 9.17) is 10.8 Å². The van der Waals surface area contributed by atoms with Gasteiger partial charge in [-0.2, -0.15) is 4.31 Å². The van der Waals surface area contributed by atoms with E-state index >= 15 is 0 Å². The van der Waals surface area contributed by atoms with Gasteiger partial charge in [0.05, 0.1) is 12.1 Å². The predicted octanol–water partition coefficient (Wildman–Crippen LogP) is 0.430. The highest BCUT2D eigenvalue weighted by atomic mass is 32.2. The highest BCUT2D eigenvalue weighted by Crippen LogP contribution is 2.27. The topological polar surface area (TPSA) is 96.5 Å². The number of nitrogens with two attached hydrogens (primary N) is 1. The molecule has 0 unspecified atom stereocenters. The number of aliphatic hydroxyl groups is 1. The number of nitrogens with zero attached hydrogens (tertiary/aromatic N) is 2. The maximum atomic E-state index is 12.4. The van der Waals surface area contributed by atoms with E-state index in [9.17, 15) is 8.42 Å². The van der Waals surface area contributed by atoms with Crippen LogP contribution in [-0.4, -0.2) is 43.0 Å². The molecule has 0 fully saturated rings. The number of fused-ring (bicyclic) bond motifs is 1. The van der Waals surface area contributed by atoms with E-state index in [2.05, 4.69) is 4.98 Å². The van der Waals surface area contributed by atoms with E-state index in [1.807, 2.05) is 0 Å². The molecule has 0 radical (unpaired) electrons. The number of aliphatic hydroxyl groups excluding tert-OH is 1. The lowest BCUT2D eigenvalue weighted by molar-refractivity contribution is 0.266. The molecule has 2 rings (SSSR count). The van der Waals surface area contributed by atoms with Crippen molar-refractivity contribution in [2.24, 2.45) is 0 Å². The van der Waals surface area contributed by atoms with Crippen molar-refractivity contribution in [2.75, 3.05) is 25.9 Å². The molecule has 0 saturated heterocycles. The summed E-state index contributed by atoms with van der Waals surface area (Å²) in [6.07, 6.45) is 1.52. The second-order valence-electron chi connectivity index (χ2n) is 4.10. The van der Waals surface area contributed by atoms with Gasteiger partial charge in [-0.05, 0) is 24.3 Å². The SMILES string of the molecule is CN(CCO)S(=O)(=O)c1ccc(N)c2cccnc12. The summed E-state index contributed by atoms with van der Waals surface area (Å²) in [6, 6.07) is 6.41. The molecule has 102 valence electrons. The van der Waals surface area contributed by atoms with Crippen LogP contribution in [0.2, 0.25) is 0 Å². The van der Waals surface area contributed by atoms with Crippen LogP contribution in [0.3, 0.4) is 0 Å². The molecule has 0 bridgehead atoms. The van der Waals surface area contributed by atoms with E-state index in [0.717, 1.165) is 4.31 Å². The van der Waals surface area contributed by atoms with Gasteiger partial charge in [0.15, 0.2) is 0 Å². The average molecular weight is 281 g/mol. The van der Waals surface area contributed by atoms with Crippen molar-refractivity contribution in [1.29, 1.82) is 0 Å². The minimum atomic E-state index is -3.69. The minimum absolute atomic E-state index is 0.0288. The highest BCUT2D eigenvalue weighted by molar-refractivity contribution is 7.89. The number of pyridine rings is 1. The second kappa shape index (κ2) is 5.12. The first kappa shape index (κ1) is 13.7. The van der Waals surface area contributed by atoms with Crippen LogP contribution >= 0.6 is 0 Å². The van der Waals surface area contributed by atoms with Crippen molar-refractivity contribution in [2.45, 2.75) is 4.90 Å². The van der Waals surface area contributed by atoms with E-state index < -0.39 is 10.0 Å². The van der Waals surface area contributed by atoms with Gasteiger partial charge in [0, 0.05) is 30.9 Å². The van der Waals surface area contributed by atoms with Gasteiger partial charge in [0.2, 0.25) is 10.0 Å². The van der Waals surface area contributed by atoms with Crippen LogP contribution in [-0.2, 0) is 10.0 Å². The molecule has 0 amide bonds. The van der Waals surface area contributed by atoms with Gasteiger partial charge in [-0.15, -0.1) is 0 Å². The monoisotopic (exact) mass is 281 g/mol. The Hall–Kier alpha value is -1.70. The van der Waals surface area contributed by atoms with E-state index in [1.165, 1.54) is 19.3 Å². The molecular formula is C12H15N3O3S. The Kier molecular flexibility index (Phi) is 3.70. The smallest absolute Gasteiger partial charge is 0.245 e. The van der Waals surface area contributed by atoms with Crippen molar-refractivity contribution in [3.8, 4) is 0 Å². The predicted molar refractivity (Wildman–Crippen MR) is 73.1 cm³/mol. The molecule has 3 N–H and O–H groups in total. The first-order chi connectivity index (χ1) is 8.98. The van der Waals surface area contributed by atoms with Crippen LogP contribution in [0.1, 0.15) is 0 Å². The molecule has 7 heteroatoms. The van der Waals surface area contributed by atoms with Gasteiger partial charge in [-0.3, -0.25) is 4.98 Å². The molecule has 2 aromatic rings. The molecule has 1 heterocycles. The summed E-state index contributed by atoms with van der Waals surface area (Å²) in [5.74, 6) is 0. The Morgan fingerprint density at radius 2 is 2.11 bits per heavy atom. The number of benzene rings is 1. The number of likely N-dealkylation sites (N-methyl/N-ethyl adjacent to an activating group) is 1. The highest BCUT2D eigenvalue weighted by Gasteiger charge is 2.23. The summed E-state index contributed by atoms with van der Waals surface area (Å²) in [5, 5.41) is 9.46. The molecule has 0 aliphatic carbocycles. The van der Waals surface area contributed by atoms with Crippen molar-refractivity contribution in [3.05, 3.63) is 30.5 Å². The average Bonchev–Trinajstić information content (AvgIpc) is 2.39. The molecule has 0 aliphatic heterocycles. The number of sulfonamides is 1. The second-order valence-corrected chi connectivity index (χ2v) is 6.12. The zero-order chi connectivity index (χ0) is 14.0. The number of anilines is 1. The number of hydrogen-bond donors (Lipinski definition) is 2. The Bertz CT molecular complexity index is 700. The quantitative estimate of drug-likeness (QED) is 0.792. The van der Waals surface area contributed by atoms with E-state index in [0.29, 0.717) is 16.6 Å². The van der Waals surface area contributed by atoms with Gasteiger partial charge >= 0.3 is 0 Å². The van der Waals surface area contributed by atoms with Crippen molar-refractivity contribution < 1.29 is 13.5 Å². The zero-order valence-electron chi connectivity index (χ0n) is 10.4. The van der Waals surface area contributed by atoms with Gasteiger partial charge in [0.1, 0.15) is 4.90 Å². The van der Waals surface area contributed by atoms with Crippen molar-refractivity contribution in [1.82, 2.24) is 9.29 Å². The number of aromatic nitrogens is 1. The molecule has 0 aliphatic rings. The van der Waals surface area contributed by atoms with Crippen LogP contribution in [0.4, 0.5) is 5.69 Å². The third-order valence-electron chi connectivity index (χ3n) is 2.87. The fourth-order valence-corrected chi connectivity index (χ4v) is 3.11. The third kappa shape index (κ3) is 2.40. The van der Waals surface area contributed by atoms with Crippen molar-refractivity contribution >= 4 is 26.6 Å². The summed E-state index contributed by atoms with van der Waals surface area (Å²) in [5.41, 5.74) is 6.63. The van der Waals surface area contributed by atoms with E-state index in [-0.39, 0.29) is 18.0 Å². The summed E-state index contributed by atoms with van der Waals surface area (Å²) < 4.78 is 25.9. The maximum absolute atomic E-state index is 12.4. The van der Waals surface area contributed by atoms with Gasteiger partial charge in [0.25, 0.3) is 0 Å². The van der Waals surface area contributed by atoms with Crippen molar-refractivity contribution in [3.63, 3.8) is 0 Å². The van der Waals surface area contributed by atoms with Gasteiger partial charge < -0.3 is 10.8 Å². The molecule has 1 aromatic heterocycles. The molecule has 0 atom stereocenters. The molecule has 1 aromatic carbocycles. The van der Waals surface area contributed by atoms with Crippen LogP contribution < -0.4 is 5.73 Å². The molecule has 0 spiro atoms. The van der Waals surface area contributed by atoms with E-state index in [1.54, 1.807) is 18.2 Å². The Morgan fingerprint density at radius 1 is 1.37 bits per heavy atom. The fraction of sp³-hybridized carbons (Fsp3) is 0.250. The van der Waals surface area contributed by atoms with Crippen LogP contribution in [0.15, 0.2) is 35.4 Å². The standard InChI is InChI=1S/C12H15N3O3S/c1-15(7-8-16)19(17,18)11-5-4-10(13)9-3-2-6-14-12(9)11/h2-6,16H,7-8,13H2,1H3. The molecule has 0 saturated carbocycles. The summed E-state index contributed by atoms with van der Waals surface area (Å²) in [7, 11) is -2.28. The van der Waals surface area contributed by atoms with Gasteiger partial charge in [-0.25, -0.2) is 8.42 Å². The number of nitrogen functional groups attached to an aromatic ring is 1. The summed E-state index contributed by atoms with van der Waals surface area (Å²) in [6.45, 7) is -0.211. The fourth-order valence-electron chi connectivity index (χ4n) is 1.81. The molecule has 19 heavy (non-hydrogen) atoms. The first-order valence-electron chi connectivity index (χ1n) is 5.69. The maximum Gasteiger partial charge on any atom is 0.245 e. The Balaban J connectivity index is 2.67. The Morgan fingerprint density at radius 3 is 2.79 bits per heavy atom. The lowest BCUT2D eigenvalue weighted by Gasteiger charge is -2.17. The number of rotatable bonds is 4. The minimum Gasteiger partial charge on any atom is -0.398 e. The normalized spacial score (nSPS) is 12.2.